The molecule has 46 heavy (non-hydrogen) atoms. The molecule has 0 unspecified atom stereocenters. The minimum absolute atomic E-state index is 0.0233. The van der Waals surface area contributed by atoms with Crippen molar-refractivity contribution in [3.63, 3.8) is 0 Å². The van der Waals surface area contributed by atoms with Crippen LogP contribution < -0.4 is 10.1 Å². The molecule has 4 N–H and O–H groups in total. The predicted molar refractivity (Wildman–Crippen MR) is 166 cm³/mol. The average molecular weight is 628 g/mol. The molecule has 3 aromatic carbocycles. The number of Topliss-reactive ketones (excluding diaryl/α,β-unsaturated/α-hetero) is 2. The fraction of sp³-hybridized carbons (Fsp3) is 0.343. The van der Waals surface area contributed by atoms with E-state index in [1.807, 2.05) is 37.3 Å². The second kappa shape index (κ2) is 11.0. The monoisotopic (exact) mass is 627 g/mol. The molecule has 1 fully saturated rings. The van der Waals surface area contributed by atoms with Crippen molar-refractivity contribution in [3.05, 3.63) is 93.5 Å². The summed E-state index contributed by atoms with van der Waals surface area (Å²) in [4.78, 5) is 30.3. The number of benzene rings is 3. The lowest BCUT2D eigenvalue weighted by Crippen LogP contribution is -2.63. The Morgan fingerprint density at radius 3 is 2.54 bits per heavy atom. The molecule has 4 aromatic rings. The van der Waals surface area contributed by atoms with E-state index in [1.165, 1.54) is 0 Å². The average Bonchev–Trinajstić information content (AvgIpc) is 3.46. The van der Waals surface area contributed by atoms with Gasteiger partial charge in [-0.3, -0.25) is 14.5 Å². The number of phenolic OH excluding ortho intramolecular Hbond substituents is 1. The Kier molecular flexibility index (Phi) is 7.22. The molecule has 1 aromatic heterocycles. The maximum atomic E-state index is 16.1. The fourth-order valence-electron chi connectivity index (χ4n) is 7.50. The molecule has 3 aliphatic rings. The van der Waals surface area contributed by atoms with Gasteiger partial charge in [-0.05, 0) is 61.7 Å². The molecule has 1 heterocycles. The highest BCUT2D eigenvalue weighted by molar-refractivity contribution is 6.26. The Balaban J connectivity index is 1.34. The summed E-state index contributed by atoms with van der Waals surface area (Å²) >= 11 is 0. The lowest BCUT2D eigenvalue weighted by molar-refractivity contribution is -0.142. The van der Waals surface area contributed by atoms with E-state index in [1.54, 1.807) is 37.2 Å². The van der Waals surface area contributed by atoms with Crippen molar-refractivity contribution < 1.29 is 38.6 Å². The van der Waals surface area contributed by atoms with Gasteiger partial charge in [-0.25, -0.2) is 4.39 Å². The molecule has 4 atom stereocenters. The van der Waals surface area contributed by atoms with Gasteiger partial charge in [-0.15, -0.1) is 0 Å². The molecule has 0 bridgehead atoms. The topological polar surface area (TPSA) is 145 Å². The molecule has 3 aliphatic carbocycles. The Morgan fingerprint density at radius 1 is 1.07 bits per heavy atom. The largest absolute Gasteiger partial charge is 0.507 e. The van der Waals surface area contributed by atoms with E-state index < -0.39 is 46.6 Å². The van der Waals surface area contributed by atoms with Crippen LogP contribution in [0, 0.1) is 17.7 Å². The number of hydrogen-bond acceptors (Lipinski definition) is 10. The number of nitrogens with zero attached hydrogens (tertiary/aromatic N) is 2. The number of nitrogens with one attached hydrogen (secondary N) is 1. The highest BCUT2D eigenvalue weighted by Gasteiger charge is 2.65. The molecular weight excluding hydrogens is 593 g/mol. The molecule has 238 valence electrons. The molecule has 10 nitrogen and oxygen atoms in total. The minimum Gasteiger partial charge on any atom is -0.507 e. The van der Waals surface area contributed by atoms with Gasteiger partial charge in [-0.2, -0.15) is 0 Å². The summed E-state index contributed by atoms with van der Waals surface area (Å²) < 4.78 is 27.6. The highest BCUT2D eigenvalue weighted by Crippen LogP contribution is 2.56. The Labute approximate surface area is 264 Å². The van der Waals surface area contributed by atoms with Crippen LogP contribution in [-0.4, -0.2) is 63.2 Å². The standard InChI is InChI=1S/C35H34FN3O7/c1-4-37-15-18-10-11-20-21(12-18)29(40)25-22(27(20)36)13-19-14-23-28(39(2)3)31-26(33(43)35(23,44)32(42)24(19)30(25)41)34(38-46-31)45-16-17-8-6-5-7-9-17/h5-12,19,23,28,37,40-41,44H,4,13-16H2,1-3H3/t19-,23-,28-,35-/m0/s1. The van der Waals surface area contributed by atoms with Crippen LogP contribution in [0.25, 0.3) is 16.5 Å². The highest BCUT2D eigenvalue weighted by atomic mass is 19.1. The molecule has 1 saturated carbocycles. The van der Waals surface area contributed by atoms with Crippen LogP contribution in [0.3, 0.4) is 0 Å². The molecular formula is C35H34FN3O7. The molecule has 11 heteroatoms. The number of rotatable bonds is 7. The Hall–Kier alpha value is -4.58. The first-order chi connectivity index (χ1) is 22.1. The van der Waals surface area contributed by atoms with Crippen molar-refractivity contribution in [2.24, 2.45) is 11.8 Å². The van der Waals surface area contributed by atoms with Gasteiger partial charge in [0.1, 0.15) is 29.5 Å². The third kappa shape index (κ3) is 4.29. The van der Waals surface area contributed by atoms with Crippen molar-refractivity contribution in [2.45, 2.75) is 44.6 Å². The van der Waals surface area contributed by atoms with E-state index in [-0.39, 0.29) is 69.9 Å². The van der Waals surface area contributed by atoms with E-state index in [4.69, 9.17) is 9.26 Å². The zero-order valence-electron chi connectivity index (χ0n) is 25.6. The number of carbonyl (C=O) groups excluding carboxylic acids is 2. The number of aromatic hydroxyl groups is 1. The summed E-state index contributed by atoms with van der Waals surface area (Å²) in [6.45, 7) is 3.22. The number of aromatic nitrogens is 1. The maximum Gasteiger partial charge on any atom is 0.265 e. The van der Waals surface area contributed by atoms with Crippen molar-refractivity contribution in [1.29, 1.82) is 0 Å². The van der Waals surface area contributed by atoms with E-state index in [2.05, 4.69) is 10.5 Å². The van der Waals surface area contributed by atoms with E-state index in [0.29, 0.717) is 13.1 Å². The van der Waals surface area contributed by atoms with Gasteiger partial charge >= 0.3 is 0 Å². The lowest BCUT2D eigenvalue weighted by atomic mass is 9.57. The van der Waals surface area contributed by atoms with E-state index >= 15 is 4.39 Å². The predicted octanol–water partition coefficient (Wildman–Crippen LogP) is 4.62. The zero-order chi connectivity index (χ0) is 32.5. The SMILES string of the molecule is CCNCc1ccc2c(F)c3c(c(O)c2c1)C(O)=C1C(=O)[C@]2(O)C(=O)c4c(OCc5ccccc5)noc4[C@@H](N(C)C)[C@@H]2C[C@@H]1C3. The normalized spacial score (nSPS) is 23.7. The quantitative estimate of drug-likeness (QED) is 0.214. The first kappa shape index (κ1) is 30.1. The zero-order valence-corrected chi connectivity index (χ0v) is 25.6. The summed E-state index contributed by atoms with van der Waals surface area (Å²) in [5.41, 5.74) is -1.45. The van der Waals surface area contributed by atoms with Crippen molar-refractivity contribution >= 4 is 28.1 Å². The van der Waals surface area contributed by atoms with Gasteiger partial charge < -0.3 is 29.9 Å². The van der Waals surface area contributed by atoms with Crippen LogP contribution in [0.4, 0.5) is 4.39 Å². The van der Waals surface area contributed by atoms with Crippen LogP contribution in [0.5, 0.6) is 11.6 Å². The summed E-state index contributed by atoms with van der Waals surface area (Å²) in [6, 6.07) is 13.5. The first-order valence-electron chi connectivity index (χ1n) is 15.3. The van der Waals surface area contributed by atoms with Gasteiger partial charge in [0.25, 0.3) is 5.88 Å². The van der Waals surface area contributed by atoms with E-state index in [9.17, 15) is 24.9 Å². The smallest absolute Gasteiger partial charge is 0.265 e. The summed E-state index contributed by atoms with van der Waals surface area (Å²) in [7, 11) is 3.46. The van der Waals surface area contributed by atoms with Crippen molar-refractivity contribution in [2.75, 3.05) is 20.6 Å². The number of hydrogen-bond donors (Lipinski definition) is 4. The summed E-state index contributed by atoms with van der Waals surface area (Å²) in [6.07, 6.45) is 0.0282. The molecule has 0 amide bonds. The van der Waals surface area contributed by atoms with Gasteiger partial charge in [-0.1, -0.05) is 49.4 Å². The molecule has 7 rings (SSSR count). The number of aliphatic hydroxyl groups is 2. The van der Waals surface area contributed by atoms with Gasteiger partial charge in [0.15, 0.2) is 11.4 Å². The van der Waals surface area contributed by atoms with Crippen molar-refractivity contribution in [1.82, 2.24) is 15.4 Å². The maximum absolute atomic E-state index is 16.1. The summed E-state index contributed by atoms with van der Waals surface area (Å²) in [5.74, 6) is -5.25. The number of halogens is 1. The number of ketones is 2. The number of ether oxygens (including phenoxy) is 1. The Morgan fingerprint density at radius 2 is 1.83 bits per heavy atom. The number of carbonyl (C=O) groups is 2. The van der Waals surface area contributed by atoms with Crippen LogP contribution >= 0.6 is 0 Å². The molecule has 0 radical (unpaired) electrons. The van der Waals surface area contributed by atoms with E-state index in [0.717, 1.165) is 11.1 Å². The van der Waals surface area contributed by atoms with Crippen LogP contribution in [0.15, 0.2) is 58.6 Å². The van der Waals surface area contributed by atoms with Gasteiger partial charge in [0.05, 0.1) is 11.6 Å². The number of fused-ring (bicyclic) bond motifs is 5. The third-order valence-electron chi connectivity index (χ3n) is 9.66. The number of phenols is 1. The molecule has 0 aliphatic heterocycles. The lowest BCUT2D eigenvalue weighted by Gasteiger charge is -2.49. The molecule has 0 saturated heterocycles. The van der Waals surface area contributed by atoms with Gasteiger partial charge in [0.2, 0.25) is 11.6 Å². The van der Waals surface area contributed by atoms with Crippen LogP contribution in [-0.2, 0) is 24.4 Å². The van der Waals surface area contributed by atoms with Crippen LogP contribution in [0.1, 0.15) is 57.8 Å². The second-order valence-electron chi connectivity index (χ2n) is 12.5. The third-order valence-corrected chi connectivity index (χ3v) is 9.66. The molecule has 0 spiro atoms. The fourth-order valence-corrected chi connectivity index (χ4v) is 7.50. The van der Waals surface area contributed by atoms with Gasteiger partial charge in [0, 0.05) is 34.4 Å². The second-order valence-corrected chi connectivity index (χ2v) is 12.5. The minimum atomic E-state index is -2.60. The van der Waals surface area contributed by atoms with Crippen molar-refractivity contribution in [3.8, 4) is 11.6 Å². The number of aliphatic hydroxyl groups excluding tert-OH is 1. The Bertz CT molecular complexity index is 1940. The van der Waals surface area contributed by atoms with Crippen LogP contribution in [0.2, 0.25) is 0 Å². The summed E-state index contributed by atoms with van der Waals surface area (Å²) in [5, 5.41) is 42.8. The first-order valence-corrected chi connectivity index (χ1v) is 15.3.